The molecule has 0 spiro atoms. The molecule has 3 rings (SSSR count). The fourth-order valence-corrected chi connectivity index (χ4v) is 2.06. The summed E-state index contributed by atoms with van der Waals surface area (Å²) < 4.78 is 0. The molecule has 0 saturated heterocycles. The molecule has 1 unspecified atom stereocenters. The first-order valence-electron chi connectivity index (χ1n) is 7.34. The van der Waals surface area contributed by atoms with E-state index in [4.69, 9.17) is 11.6 Å². The number of rotatable bonds is 5. The Labute approximate surface area is 144 Å². The third-order valence-corrected chi connectivity index (χ3v) is 3.38. The van der Waals surface area contributed by atoms with Gasteiger partial charge in [-0.25, -0.2) is 4.98 Å². The van der Waals surface area contributed by atoms with Crippen molar-refractivity contribution in [2.45, 2.75) is 6.17 Å². The molecule has 0 N–H and O–H groups in total. The summed E-state index contributed by atoms with van der Waals surface area (Å²) >= 11 is 5.88. The summed E-state index contributed by atoms with van der Waals surface area (Å²) in [5.41, 5.74) is 1.60. The Hall–Kier alpha value is -2.92. The molecule has 0 fully saturated rings. The number of benzene rings is 2. The minimum absolute atomic E-state index is 0.528. The smallest absolute Gasteiger partial charge is 0.206 e. The number of azo groups is 2. The van der Waals surface area contributed by atoms with E-state index >= 15 is 0 Å². The van der Waals surface area contributed by atoms with Crippen LogP contribution >= 0.6 is 11.6 Å². The van der Waals surface area contributed by atoms with Crippen LogP contribution in [0.15, 0.2) is 99.5 Å². The van der Waals surface area contributed by atoms with Gasteiger partial charge < -0.3 is 0 Å². The maximum atomic E-state index is 5.88. The molecule has 0 bridgehead atoms. The molecule has 2 aromatic carbocycles. The fraction of sp³-hybridized carbons (Fsp3) is 0.0556. The van der Waals surface area contributed by atoms with Crippen molar-refractivity contribution in [2.75, 3.05) is 0 Å². The monoisotopic (exact) mass is 335 g/mol. The van der Waals surface area contributed by atoms with Crippen molar-refractivity contribution >= 4 is 23.1 Å². The molecular weight excluding hydrogens is 322 g/mol. The second-order valence-electron chi connectivity index (χ2n) is 4.88. The second kappa shape index (κ2) is 8.08. The Morgan fingerprint density at radius 2 is 1.46 bits per heavy atom. The highest BCUT2D eigenvalue weighted by molar-refractivity contribution is 6.30. The summed E-state index contributed by atoms with van der Waals surface area (Å²) in [6, 6.07) is 22.2. The Morgan fingerprint density at radius 1 is 0.750 bits per heavy atom. The van der Waals surface area contributed by atoms with Crippen molar-refractivity contribution in [2.24, 2.45) is 20.5 Å². The van der Waals surface area contributed by atoms with Gasteiger partial charge in [-0.3, -0.25) is 0 Å². The van der Waals surface area contributed by atoms with Gasteiger partial charge in [0.25, 0.3) is 0 Å². The van der Waals surface area contributed by atoms with Gasteiger partial charge in [0, 0.05) is 16.8 Å². The van der Waals surface area contributed by atoms with Crippen LogP contribution in [-0.4, -0.2) is 4.98 Å². The van der Waals surface area contributed by atoms with Gasteiger partial charge in [0.15, 0.2) is 5.82 Å². The van der Waals surface area contributed by atoms with Crippen LogP contribution in [-0.2, 0) is 0 Å². The quantitative estimate of drug-likeness (QED) is 0.504. The van der Waals surface area contributed by atoms with Gasteiger partial charge in [0.05, 0.1) is 5.69 Å². The van der Waals surface area contributed by atoms with Crippen LogP contribution in [0.4, 0.5) is 11.5 Å². The average Bonchev–Trinajstić information content (AvgIpc) is 2.65. The average molecular weight is 336 g/mol. The van der Waals surface area contributed by atoms with Crippen molar-refractivity contribution < 1.29 is 0 Å². The van der Waals surface area contributed by atoms with Gasteiger partial charge in [0.1, 0.15) is 0 Å². The summed E-state index contributed by atoms with van der Waals surface area (Å²) in [6.07, 6.45) is 1.13. The molecule has 3 aromatic rings. The predicted octanol–water partition coefficient (Wildman–Crippen LogP) is 6.30. The Kier molecular flexibility index (Phi) is 5.37. The number of nitrogens with zero attached hydrogens (tertiary/aromatic N) is 5. The maximum absolute atomic E-state index is 5.88. The summed E-state index contributed by atoms with van der Waals surface area (Å²) in [5.74, 6) is 0.528. The van der Waals surface area contributed by atoms with Gasteiger partial charge >= 0.3 is 0 Å². The zero-order valence-electron chi connectivity index (χ0n) is 12.7. The minimum atomic E-state index is -0.538. The molecule has 6 heteroatoms. The van der Waals surface area contributed by atoms with E-state index in [0.717, 1.165) is 5.56 Å². The Morgan fingerprint density at radius 3 is 2.17 bits per heavy atom. The number of hydrogen-bond acceptors (Lipinski definition) is 5. The van der Waals surface area contributed by atoms with Crippen LogP contribution < -0.4 is 0 Å². The zero-order chi connectivity index (χ0) is 16.6. The highest BCUT2D eigenvalue weighted by Gasteiger charge is 2.08. The lowest BCUT2D eigenvalue weighted by Gasteiger charge is -2.05. The van der Waals surface area contributed by atoms with Gasteiger partial charge in [0.2, 0.25) is 6.17 Å². The number of hydrogen-bond donors (Lipinski definition) is 0. The summed E-state index contributed by atoms with van der Waals surface area (Å²) in [7, 11) is 0. The number of aromatic nitrogens is 1. The van der Waals surface area contributed by atoms with Crippen LogP contribution in [0.25, 0.3) is 0 Å². The second-order valence-corrected chi connectivity index (χ2v) is 5.32. The lowest BCUT2D eigenvalue weighted by atomic mass is 10.2. The van der Waals surface area contributed by atoms with E-state index in [2.05, 4.69) is 25.4 Å². The third-order valence-electron chi connectivity index (χ3n) is 3.13. The van der Waals surface area contributed by atoms with Crippen LogP contribution in [0.2, 0.25) is 5.02 Å². The molecule has 0 saturated carbocycles. The Balaban J connectivity index is 1.85. The molecule has 5 nitrogen and oxygen atoms in total. The fourth-order valence-electron chi connectivity index (χ4n) is 1.94. The molecule has 0 radical (unpaired) electrons. The van der Waals surface area contributed by atoms with Gasteiger partial charge in [-0.15, -0.1) is 5.11 Å². The summed E-state index contributed by atoms with van der Waals surface area (Å²) in [4.78, 5) is 4.12. The largest absolute Gasteiger partial charge is 0.236 e. The molecular formula is C18H14ClN5. The van der Waals surface area contributed by atoms with Gasteiger partial charge in [-0.1, -0.05) is 48.0 Å². The van der Waals surface area contributed by atoms with E-state index in [9.17, 15) is 0 Å². The van der Waals surface area contributed by atoms with Crippen LogP contribution in [0.1, 0.15) is 11.7 Å². The lowest BCUT2D eigenvalue weighted by Crippen LogP contribution is -1.89. The van der Waals surface area contributed by atoms with E-state index in [-0.39, 0.29) is 0 Å². The van der Waals surface area contributed by atoms with E-state index in [0.29, 0.717) is 16.5 Å². The van der Waals surface area contributed by atoms with Crippen molar-refractivity contribution in [1.82, 2.24) is 4.98 Å². The first-order chi connectivity index (χ1) is 11.8. The molecule has 0 aliphatic carbocycles. The van der Waals surface area contributed by atoms with E-state index in [1.807, 2.05) is 42.5 Å². The third kappa shape index (κ3) is 4.54. The first-order valence-corrected chi connectivity index (χ1v) is 7.72. The lowest BCUT2D eigenvalue weighted by molar-refractivity contribution is 0.687. The van der Waals surface area contributed by atoms with E-state index in [1.165, 1.54) is 0 Å². The molecule has 1 atom stereocenters. The summed E-state index contributed by atoms with van der Waals surface area (Å²) in [5, 5.41) is 17.6. The summed E-state index contributed by atoms with van der Waals surface area (Å²) in [6.45, 7) is 0. The van der Waals surface area contributed by atoms with Crippen molar-refractivity contribution in [3.63, 3.8) is 0 Å². The number of pyridine rings is 1. The molecule has 24 heavy (non-hydrogen) atoms. The van der Waals surface area contributed by atoms with E-state index in [1.54, 1.807) is 36.5 Å². The van der Waals surface area contributed by atoms with Crippen molar-refractivity contribution in [1.29, 1.82) is 0 Å². The van der Waals surface area contributed by atoms with Crippen molar-refractivity contribution in [3.05, 3.63) is 89.6 Å². The SMILES string of the molecule is Clc1ccc(N=NC(N=Nc2ccccn2)c2ccccc2)cc1. The van der Waals surface area contributed by atoms with Crippen LogP contribution in [0, 0.1) is 0 Å². The van der Waals surface area contributed by atoms with Gasteiger partial charge in [-0.2, -0.15) is 15.3 Å². The highest BCUT2D eigenvalue weighted by atomic mass is 35.5. The van der Waals surface area contributed by atoms with E-state index < -0.39 is 6.17 Å². The zero-order valence-corrected chi connectivity index (χ0v) is 13.5. The topological polar surface area (TPSA) is 62.3 Å². The molecule has 0 aliphatic rings. The van der Waals surface area contributed by atoms with Gasteiger partial charge in [-0.05, 0) is 36.4 Å². The first kappa shape index (κ1) is 16.0. The normalized spacial score (nSPS) is 12.7. The minimum Gasteiger partial charge on any atom is -0.236 e. The van der Waals surface area contributed by atoms with Crippen molar-refractivity contribution in [3.8, 4) is 0 Å². The maximum Gasteiger partial charge on any atom is 0.206 e. The number of halogens is 1. The molecule has 1 heterocycles. The standard InChI is InChI=1S/C18H14ClN5/c19-15-9-11-16(12-10-15)21-23-18(14-6-2-1-3-7-14)24-22-17-8-4-5-13-20-17/h1-13,18H. The predicted molar refractivity (Wildman–Crippen MR) is 93.9 cm³/mol. The van der Waals surface area contributed by atoms with Crippen LogP contribution in [0.5, 0.6) is 0 Å². The molecule has 0 aliphatic heterocycles. The molecule has 1 aromatic heterocycles. The molecule has 118 valence electrons. The van der Waals surface area contributed by atoms with Crippen LogP contribution in [0.3, 0.4) is 0 Å². The Bertz CT molecular complexity index is 817. The highest BCUT2D eigenvalue weighted by Crippen LogP contribution is 2.24. The molecule has 0 amide bonds.